The SMILES string of the molecule is CN1C(=O)C(=O)N(CC(=O)N(Cc2ccsc2)C2CC23CCNCC3)C1=O. The summed E-state index contributed by atoms with van der Waals surface area (Å²) in [6, 6.07) is 1.36. The summed E-state index contributed by atoms with van der Waals surface area (Å²) >= 11 is 1.57. The van der Waals surface area contributed by atoms with Crippen LogP contribution in [0.1, 0.15) is 24.8 Å². The van der Waals surface area contributed by atoms with Crippen molar-refractivity contribution >= 4 is 35.1 Å². The first-order chi connectivity index (χ1) is 12.9. The van der Waals surface area contributed by atoms with Gasteiger partial charge in [-0.25, -0.2) is 9.69 Å². The molecule has 5 amide bonds. The molecule has 1 saturated carbocycles. The molecule has 1 aromatic heterocycles. The van der Waals surface area contributed by atoms with Crippen molar-refractivity contribution < 1.29 is 19.2 Å². The van der Waals surface area contributed by atoms with Gasteiger partial charge in [-0.3, -0.25) is 19.3 Å². The van der Waals surface area contributed by atoms with Crippen LogP contribution in [-0.4, -0.2) is 71.2 Å². The minimum Gasteiger partial charge on any atom is -0.333 e. The summed E-state index contributed by atoms with van der Waals surface area (Å²) in [5, 5.41) is 7.32. The second-order valence-corrected chi connectivity index (χ2v) is 8.30. The number of carbonyl (C=O) groups is 4. The lowest BCUT2D eigenvalue weighted by atomic mass is 9.93. The molecule has 1 spiro atoms. The molecule has 3 heterocycles. The highest BCUT2D eigenvalue weighted by atomic mass is 32.1. The molecule has 2 saturated heterocycles. The number of piperidine rings is 1. The Kier molecular flexibility index (Phi) is 4.51. The van der Waals surface area contributed by atoms with Crippen LogP contribution in [0, 0.1) is 5.41 Å². The van der Waals surface area contributed by atoms with Gasteiger partial charge < -0.3 is 10.2 Å². The fourth-order valence-corrected chi connectivity index (χ4v) is 4.82. The normalized spacial score (nSPS) is 24.0. The molecule has 0 radical (unpaired) electrons. The minimum absolute atomic E-state index is 0.119. The number of imide groups is 2. The number of amides is 5. The van der Waals surface area contributed by atoms with Crippen molar-refractivity contribution in [3.8, 4) is 0 Å². The zero-order chi connectivity index (χ0) is 19.2. The molecule has 1 N–H and O–H groups in total. The zero-order valence-electron chi connectivity index (χ0n) is 15.1. The van der Waals surface area contributed by atoms with E-state index in [1.807, 2.05) is 16.8 Å². The number of nitrogens with one attached hydrogen (secondary N) is 1. The molecular formula is C18H22N4O4S. The van der Waals surface area contributed by atoms with Gasteiger partial charge in [0, 0.05) is 19.6 Å². The summed E-state index contributed by atoms with van der Waals surface area (Å²) in [6.45, 7) is 1.96. The van der Waals surface area contributed by atoms with E-state index in [4.69, 9.17) is 0 Å². The molecule has 8 nitrogen and oxygen atoms in total. The van der Waals surface area contributed by atoms with Crippen molar-refractivity contribution in [2.75, 3.05) is 26.7 Å². The first-order valence-corrected chi connectivity index (χ1v) is 10.0. The van der Waals surface area contributed by atoms with E-state index in [1.165, 1.54) is 7.05 Å². The van der Waals surface area contributed by atoms with E-state index in [0.29, 0.717) is 6.54 Å². The first kappa shape index (κ1) is 18.1. The number of nitrogens with zero attached hydrogens (tertiary/aromatic N) is 3. The summed E-state index contributed by atoms with van der Waals surface area (Å²) in [5.74, 6) is -2.11. The molecule has 0 bridgehead atoms. The van der Waals surface area contributed by atoms with E-state index in [2.05, 4.69) is 5.32 Å². The van der Waals surface area contributed by atoms with Crippen molar-refractivity contribution in [1.29, 1.82) is 0 Å². The van der Waals surface area contributed by atoms with Gasteiger partial charge >= 0.3 is 17.8 Å². The van der Waals surface area contributed by atoms with Gasteiger partial charge in [-0.1, -0.05) is 0 Å². The number of urea groups is 1. The van der Waals surface area contributed by atoms with E-state index < -0.39 is 17.8 Å². The summed E-state index contributed by atoms with van der Waals surface area (Å²) in [5.41, 5.74) is 1.18. The predicted molar refractivity (Wildman–Crippen MR) is 97.7 cm³/mol. The van der Waals surface area contributed by atoms with Crippen LogP contribution in [0.3, 0.4) is 0 Å². The Labute approximate surface area is 161 Å². The third kappa shape index (κ3) is 3.14. The molecule has 0 aromatic carbocycles. The van der Waals surface area contributed by atoms with Gasteiger partial charge in [0.15, 0.2) is 0 Å². The van der Waals surface area contributed by atoms with E-state index in [0.717, 1.165) is 47.7 Å². The molecular weight excluding hydrogens is 368 g/mol. The van der Waals surface area contributed by atoms with Gasteiger partial charge in [0.25, 0.3) is 0 Å². The molecule has 144 valence electrons. The quantitative estimate of drug-likeness (QED) is 0.589. The summed E-state index contributed by atoms with van der Waals surface area (Å²) < 4.78 is 0. The fraction of sp³-hybridized carbons (Fsp3) is 0.556. The Morgan fingerprint density at radius 2 is 2.04 bits per heavy atom. The van der Waals surface area contributed by atoms with Crippen molar-refractivity contribution in [1.82, 2.24) is 20.0 Å². The monoisotopic (exact) mass is 390 g/mol. The van der Waals surface area contributed by atoms with E-state index >= 15 is 0 Å². The minimum atomic E-state index is -0.932. The third-order valence-electron chi connectivity index (χ3n) is 5.92. The van der Waals surface area contributed by atoms with Gasteiger partial charge in [0.05, 0.1) is 0 Å². The Hall–Kier alpha value is -2.26. The summed E-state index contributed by atoms with van der Waals surface area (Å²) in [6.07, 6.45) is 2.99. The van der Waals surface area contributed by atoms with Crippen LogP contribution < -0.4 is 5.32 Å². The lowest BCUT2D eigenvalue weighted by molar-refractivity contribution is -0.145. The van der Waals surface area contributed by atoms with Crippen LogP contribution >= 0.6 is 11.3 Å². The Balaban J connectivity index is 1.52. The van der Waals surface area contributed by atoms with Gasteiger partial charge in [0.2, 0.25) is 5.91 Å². The van der Waals surface area contributed by atoms with Crippen molar-refractivity contribution in [3.63, 3.8) is 0 Å². The largest absolute Gasteiger partial charge is 0.334 e. The first-order valence-electron chi connectivity index (χ1n) is 9.08. The molecule has 3 aliphatic rings. The Bertz CT molecular complexity index is 787. The van der Waals surface area contributed by atoms with Gasteiger partial charge in [-0.2, -0.15) is 11.3 Å². The lowest BCUT2D eigenvalue weighted by Gasteiger charge is -2.30. The van der Waals surface area contributed by atoms with Gasteiger partial charge in [-0.05, 0) is 60.2 Å². The highest BCUT2D eigenvalue weighted by Crippen LogP contribution is 2.56. The van der Waals surface area contributed by atoms with Crippen molar-refractivity contribution in [2.24, 2.45) is 5.41 Å². The zero-order valence-corrected chi connectivity index (χ0v) is 16.0. The molecule has 1 aliphatic carbocycles. The van der Waals surface area contributed by atoms with E-state index in [1.54, 1.807) is 16.2 Å². The maximum absolute atomic E-state index is 13.1. The smallest absolute Gasteiger partial charge is 0.333 e. The maximum atomic E-state index is 13.1. The van der Waals surface area contributed by atoms with Crippen LogP contribution in [0.4, 0.5) is 4.79 Å². The molecule has 1 atom stereocenters. The van der Waals surface area contributed by atoms with Crippen LogP contribution in [0.15, 0.2) is 16.8 Å². The van der Waals surface area contributed by atoms with Crippen LogP contribution in [0.2, 0.25) is 0 Å². The second kappa shape index (κ2) is 6.72. The van der Waals surface area contributed by atoms with Crippen molar-refractivity contribution in [3.05, 3.63) is 22.4 Å². The van der Waals surface area contributed by atoms with Gasteiger partial charge in [0.1, 0.15) is 6.54 Å². The molecule has 1 unspecified atom stereocenters. The molecule has 9 heteroatoms. The van der Waals surface area contributed by atoms with E-state index in [9.17, 15) is 19.2 Å². The lowest BCUT2D eigenvalue weighted by Crippen LogP contribution is -2.45. The number of rotatable bonds is 5. The third-order valence-corrected chi connectivity index (χ3v) is 6.65. The highest BCUT2D eigenvalue weighted by molar-refractivity contribution is 7.07. The van der Waals surface area contributed by atoms with Crippen molar-refractivity contribution in [2.45, 2.75) is 31.8 Å². The fourth-order valence-electron chi connectivity index (χ4n) is 4.16. The number of hydrogen-bond acceptors (Lipinski definition) is 6. The molecule has 27 heavy (non-hydrogen) atoms. The molecule has 4 rings (SSSR count). The van der Waals surface area contributed by atoms with Crippen LogP contribution in [0.25, 0.3) is 0 Å². The molecule has 1 aromatic rings. The van der Waals surface area contributed by atoms with E-state index in [-0.39, 0.29) is 23.9 Å². The van der Waals surface area contributed by atoms with Crippen LogP contribution in [-0.2, 0) is 20.9 Å². The summed E-state index contributed by atoms with van der Waals surface area (Å²) in [7, 11) is 1.25. The average molecular weight is 390 g/mol. The molecule has 3 fully saturated rings. The Morgan fingerprint density at radius 3 is 2.63 bits per heavy atom. The average Bonchev–Trinajstić information content (AvgIpc) is 3.03. The highest BCUT2D eigenvalue weighted by Gasteiger charge is 2.58. The predicted octanol–water partition coefficient (Wildman–Crippen LogP) is 0.639. The number of likely N-dealkylation sites (N-methyl/N-ethyl adjacent to an activating group) is 1. The second-order valence-electron chi connectivity index (χ2n) is 7.52. The topological polar surface area (TPSA) is 90.0 Å². The number of thiophene rings is 1. The molecule has 2 aliphatic heterocycles. The number of hydrogen-bond donors (Lipinski definition) is 1. The Morgan fingerprint density at radius 1 is 1.30 bits per heavy atom. The number of carbonyl (C=O) groups excluding carboxylic acids is 4. The summed E-state index contributed by atoms with van der Waals surface area (Å²) in [4.78, 5) is 52.2. The maximum Gasteiger partial charge on any atom is 0.334 e. The van der Waals surface area contributed by atoms with Crippen LogP contribution in [0.5, 0.6) is 0 Å². The van der Waals surface area contributed by atoms with Gasteiger partial charge in [-0.15, -0.1) is 0 Å². The standard InChI is InChI=1S/C18H22N4O4S/c1-20-15(24)16(25)22(17(20)26)10-14(23)21(9-12-2-7-27-11-12)13-8-18(13)3-5-19-6-4-18/h2,7,11,13,19H,3-6,8-10H2,1H3.